The highest BCUT2D eigenvalue weighted by Crippen LogP contribution is 2.41. The molecule has 0 saturated carbocycles. The summed E-state index contributed by atoms with van der Waals surface area (Å²) in [5.41, 5.74) is 2.20. The van der Waals surface area contributed by atoms with Crippen molar-refractivity contribution < 1.29 is 32.2 Å². The van der Waals surface area contributed by atoms with E-state index >= 15 is 0 Å². The van der Waals surface area contributed by atoms with Gasteiger partial charge in [0, 0.05) is 21.5 Å². The van der Waals surface area contributed by atoms with Gasteiger partial charge in [0.1, 0.15) is 5.69 Å². The second kappa shape index (κ2) is 12.2. The van der Waals surface area contributed by atoms with E-state index in [2.05, 4.69) is 15.5 Å². The van der Waals surface area contributed by atoms with Crippen molar-refractivity contribution in [3.63, 3.8) is 0 Å². The Balaban J connectivity index is 1.42. The summed E-state index contributed by atoms with van der Waals surface area (Å²) >= 11 is 12.4. The molecule has 1 heterocycles. The largest absolute Gasteiger partial charge is 0.493 e. The maximum Gasteiger partial charge on any atom is 0.418 e. The first-order valence-corrected chi connectivity index (χ1v) is 13.3. The van der Waals surface area contributed by atoms with Crippen molar-refractivity contribution in [2.24, 2.45) is 5.10 Å². The number of rotatable bonds is 7. The van der Waals surface area contributed by atoms with Crippen LogP contribution in [0.25, 0.3) is 22.0 Å². The topological polar surface area (TPSA) is 92.8 Å². The monoisotopic (exact) mass is 625 g/mol. The number of nitrogens with zero attached hydrogens (tertiary/aromatic N) is 1. The number of benzene rings is 4. The second-order valence-electron chi connectivity index (χ2n) is 9.06. The molecular formula is C31H20Cl2F3N3O4. The third-order valence-corrected chi connectivity index (χ3v) is 7.03. The highest BCUT2D eigenvalue weighted by atomic mass is 35.5. The second-order valence-corrected chi connectivity index (χ2v) is 9.87. The summed E-state index contributed by atoms with van der Waals surface area (Å²) in [6.07, 6.45) is -3.38. The van der Waals surface area contributed by atoms with Gasteiger partial charge >= 0.3 is 12.1 Å². The van der Waals surface area contributed by atoms with E-state index in [1.807, 2.05) is 0 Å². The minimum Gasteiger partial charge on any atom is -0.493 e. The highest BCUT2D eigenvalue weighted by Gasteiger charge is 2.35. The number of hydrogen-bond donors (Lipinski definition) is 2. The number of methoxy groups -OCH3 is 1. The summed E-state index contributed by atoms with van der Waals surface area (Å²) in [6, 6.07) is 21.1. The van der Waals surface area contributed by atoms with Crippen LogP contribution in [0.2, 0.25) is 10.0 Å². The van der Waals surface area contributed by atoms with Crippen molar-refractivity contribution in [3.05, 3.63) is 117 Å². The molecule has 0 aliphatic carbocycles. The number of ether oxygens (including phenoxy) is 2. The Kier molecular flexibility index (Phi) is 8.43. The van der Waals surface area contributed by atoms with Crippen molar-refractivity contribution in [1.82, 2.24) is 10.4 Å². The lowest BCUT2D eigenvalue weighted by Crippen LogP contribution is -2.19. The maximum atomic E-state index is 13.8. The molecule has 0 spiro atoms. The number of aromatic nitrogens is 1. The molecule has 1 amide bonds. The van der Waals surface area contributed by atoms with Crippen LogP contribution in [0.15, 0.2) is 90.0 Å². The summed E-state index contributed by atoms with van der Waals surface area (Å²) in [7, 11) is 1.38. The third-order valence-electron chi connectivity index (χ3n) is 6.37. The number of amides is 1. The Morgan fingerprint density at radius 2 is 1.63 bits per heavy atom. The minimum atomic E-state index is -4.67. The van der Waals surface area contributed by atoms with Gasteiger partial charge in [-0.1, -0.05) is 65.7 Å². The summed E-state index contributed by atoms with van der Waals surface area (Å²) in [5, 5.41) is 4.61. The molecule has 0 atom stereocenters. The van der Waals surface area contributed by atoms with E-state index in [0.717, 1.165) is 6.07 Å². The zero-order chi connectivity index (χ0) is 30.7. The number of hydrogen-bond acceptors (Lipinski definition) is 5. The summed E-state index contributed by atoms with van der Waals surface area (Å²) in [6.45, 7) is 0. The van der Waals surface area contributed by atoms with Crippen molar-refractivity contribution in [2.75, 3.05) is 7.11 Å². The molecule has 5 aromatic rings. The normalized spacial score (nSPS) is 11.6. The highest BCUT2D eigenvalue weighted by molar-refractivity contribution is 6.34. The fourth-order valence-electron chi connectivity index (χ4n) is 4.42. The van der Waals surface area contributed by atoms with Crippen LogP contribution in [0, 0.1) is 0 Å². The number of halogens is 5. The van der Waals surface area contributed by atoms with Crippen LogP contribution in [-0.2, 0) is 6.18 Å². The smallest absolute Gasteiger partial charge is 0.418 e. The predicted molar refractivity (Wildman–Crippen MR) is 158 cm³/mol. The van der Waals surface area contributed by atoms with Gasteiger partial charge in [0.25, 0.3) is 5.91 Å². The lowest BCUT2D eigenvalue weighted by Gasteiger charge is -2.10. The number of aromatic amines is 1. The molecule has 218 valence electrons. The number of para-hydroxylation sites is 1. The molecule has 0 unspecified atom stereocenters. The molecule has 7 nitrogen and oxygen atoms in total. The predicted octanol–water partition coefficient (Wildman–Crippen LogP) is 8.15. The molecule has 12 heteroatoms. The lowest BCUT2D eigenvalue weighted by molar-refractivity contribution is -0.136. The van der Waals surface area contributed by atoms with Crippen molar-refractivity contribution in [3.8, 4) is 22.6 Å². The summed E-state index contributed by atoms with van der Waals surface area (Å²) in [5.74, 6) is -1.16. The molecule has 5 rings (SSSR count). The Hall–Kier alpha value is -4.80. The van der Waals surface area contributed by atoms with E-state index in [9.17, 15) is 22.8 Å². The first kappa shape index (κ1) is 29.7. The van der Waals surface area contributed by atoms with E-state index < -0.39 is 23.6 Å². The Labute approximate surface area is 252 Å². The Morgan fingerprint density at radius 1 is 0.907 bits per heavy atom. The molecule has 0 fully saturated rings. The van der Waals surface area contributed by atoms with Gasteiger partial charge in [-0.15, -0.1) is 0 Å². The fraction of sp³-hybridized carbons (Fsp3) is 0.0645. The zero-order valence-corrected chi connectivity index (χ0v) is 23.6. The quantitative estimate of drug-likeness (QED) is 0.0826. The summed E-state index contributed by atoms with van der Waals surface area (Å²) < 4.78 is 52.1. The fourth-order valence-corrected chi connectivity index (χ4v) is 4.86. The Morgan fingerprint density at radius 3 is 2.33 bits per heavy atom. The molecule has 4 aromatic carbocycles. The van der Waals surface area contributed by atoms with Gasteiger partial charge in [-0.3, -0.25) is 4.79 Å². The van der Waals surface area contributed by atoms with Crippen LogP contribution >= 0.6 is 23.2 Å². The average Bonchev–Trinajstić information content (AvgIpc) is 3.37. The number of alkyl halides is 3. The first-order valence-electron chi connectivity index (χ1n) is 12.5. The number of H-pyrrole nitrogens is 1. The van der Waals surface area contributed by atoms with E-state index in [0.29, 0.717) is 11.1 Å². The Bertz CT molecular complexity index is 1890. The van der Waals surface area contributed by atoms with Crippen molar-refractivity contribution >= 4 is 52.2 Å². The molecule has 0 saturated heterocycles. The molecule has 0 bridgehead atoms. The van der Waals surface area contributed by atoms with E-state index in [1.54, 1.807) is 48.5 Å². The van der Waals surface area contributed by atoms with E-state index in [1.165, 1.54) is 43.7 Å². The van der Waals surface area contributed by atoms with Gasteiger partial charge in [0.15, 0.2) is 11.5 Å². The molecule has 1 aromatic heterocycles. The number of nitrogens with one attached hydrogen (secondary N) is 2. The van der Waals surface area contributed by atoms with Gasteiger partial charge in [-0.2, -0.15) is 18.3 Å². The number of esters is 1. The molecule has 0 aliphatic heterocycles. The van der Waals surface area contributed by atoms with Gasteiger partial charge < -0.3 is 14.5 Å². The molecular weight excluding hydrogens is 606 g/mol. The number of carbonyl (C=O) groups is 2. The van der Waals surface area contributed by atoms with Crippen LogP contribution in [0.5, 0.6) is 11.5 Å². The average molecular weight is 626 g/mol. The maximum absolute atomic E-state index is 13.8. The van der Waals surface area contributed by atoms with Crippen molar-refractivity contribution in [1.29, 1.82) is 0 Å². The van der Waals surface area contributed by atoms with Crippen LogP contribution in [0.3, 0.4) is 0 Å². The lowest BCUT2D eigenvalue weighted by atomic mass is 10.00. The SMILES string of the molecule is COc1cc(C=NNC(=O)c2[nH]c3c(C(F)(F)F)cccc3c2-c2ccccc2Cl)ccc1OC(=O)c1ccccc1Cl. The van der Waals surface area contributed by atoms with Gasteiger partial charge in [-0.05, 0) is 48.0 Å². The van der Waals surface area contributed by atoms with E-state index in [-0.39, 0.29) is 49.3 Å². The van der Waals surface area contributed by atoms with Crippen LogP contribution in [0.1, 0.15) is 32.0 Å². The number of carbonyl (C=O) groups excluding carboxylic acids is 2. The first-order chi connectivity index (χ1) is 20.6. The third kappa shape index (κ3) is 6.20. The van der Waals surface area contributed by atoms with Crippen molar-refractivity contribution in [2.45, 2.75) is 6.18 Å². The standard InChI is InChI=1S/C31H20Cl2F3N3O4/c1-42-25-15-17(13-14-24(25)43-30(41)19-8-3-5-12-23(19)33)16-37-39-29(40)28-26(18-7-2-4-11-22(18)32)20-9-6-10-21(27(20)38-28)31(34,35)36/h2-16,38H,1H3,(H,39,40). The van der Waals surface area contributed by atoms with Crippen LogP contribution in [-0.4, -0.2) is 30.2 Å². The molecule has 43 heavy (non-hydrogen) atoms. The van der Waals surface area contributed by atoms with Crippen LogP contribution < -0.4 is 14.9 Å². The van der Waals surface area contributed by atoms with Gasteiger partial charge in [0.2, 0.25) is 0 Å². The summed E-state index contributed by atoms with van der Waals surface area (Å²) in [4.78, 5) is 28.4. The van der Waals surface area contributed by atoms with Gasteiger partial charge in [-0.25, -0.2) is 10.2 Å². The molecule has 2 N–H and O–H groups in total. The van der Waals surface area contributed by atoms with Crippen LogP contribution in [0.4, 0.5) is 13.2 Å². The molecule has 0 radical (unpaired) electrons. The minimum absolute atomic E-state index is 0.122. The number of hydrazone groups is 1. The van der Waals surface area contributed by atoms with E-state index in [4.69, 9.17) is 32.7 Å². The molecule has 0 aliphatic rings. The van der Waals surface area contributed by atoms with Gasteiger partial charge in [0.05, 0.1) is 35.0 Å². The zero-order valence-electron chi connectivity index (χ0n) is 22.1. The number of fused-ring (bicyclic) bond motifs is 1.